The summed E-state index contributed by atoms with van der Waals surface area (Å²) >= 11 is 6.88. The van der Waals surface area contributed by atoms with Crippen molar-refractivity contribution in [3.63, 3.8) is 0 Å². The van der Waals surface area contributed by atoms with Crippen molar-refractivity contribution < 1.29 is 19.3 Å². The molecule has 1 saturated heterocycles. The Morgan fingerprint density at radius 1 is 0.815 bits per heavy atom. The van der Waals surface area contributed by atoms with Crippen LogP contribution in [0.15, 0.2) is 97.3 Å². The minimum Gasteiger partial charge on any atom is -0.493 e. The fourth-order valence-electron chi connectivity index (χ4n) is 6.85. The zero-order valence-corrected chi connectivity index (χ0v) is 31.9. The number of hydrogen-bond acceptors (Lipinski definition) is 8. The highest BCUT2D eigenvalue weighted by Crippen LogP contribution is 2.37. The SMILES string of the molecule is Cc1c(COc2cc(OCc3cncc(C#N)c3)c(CN3CCCCC3)cc2Cl)cccc1-c1cccc(OCCCNCC(O)c2ccccc2)c1C. The first-order valence-electron chi connectivity index (χ1n) is 18.8. The summed E-state index contributed by atoms with van der Waals surface area (Å²) in [6.07, 6.45) is 7.19. The van der Waals surface area contributed by atoms with E-state index >= 15 is 0 Å². The van der Waals surface area contributed by atoms with Gasteiger partial charge in [0.25, 0.3) is 0 Å². The number of nitrogens with one attached hydrogen (secondary N) is 1. The third-order valence-electron chi connectivity index (χ3n) is 9.96. The van der Waals surface area contributed by atoms with Crippen LogP contribution in [0.3, 0.4) is 0 Å². The Morgan fingerprint density at radius 3 is 2.37 bits per heavy atom. The van der Waals surface area contributed by atoms with Crippen LogP contribution in [0, 0.1) is 25.2 Å². The van der Waals surface area contributed by atoms with Gasteiger partial charge in [-0.15, -0.1) is 0 Å². The lowest BCUT2D eigenvalue weighted by molar-refractivity contribution is 0.173. The summed E-state index contributed by atoms with van der Waals surface area (Å²) in [5.74, 6) is 2.12. The molecule has 0 aliphatic carbocycles. The topological polar surface area (TPSA) is 99.9 Å². The van der Waals surface area contributed by atoms with Crippen LogP contribution in [0.5, 0.6) is 17.2 Å². The molecule has 2 heterocycles. The minimum absolute atomic E-state index is 0.273. The van der Waals surface area contributed by atoms with Gasteiger partial charge in [0, 0.05) is 42.7 Å². The predicted octanol–water partition coefficient (Wildman–Crippen LogP) is 9.13. The van der Waals surface area contributed by atoms with Crippen LogP contribution in [0.1, 0.15) is 70.7 Å². The average Bonchev–Trinajstić information content (AvgIpc) is 3.20. The second-order valence-electron chi connectivity index (χ2n) is 13.8. The molecule has 0 spiro atoms. The van der Waals surface area contributed by atoms with Crippen LogP contribution in [0.4, 0.5) is 0 Å². The van der Waals surface area contributed by atoms with E-state index in [0.29, 0.717) is 41.8 Å². The van der Waals surface area contributed by atoms with Gasteiger partial charge < -0.3 is 24.6 Å². The largest absolute Gasteiger partial charge is 0.493 e. The molecule has 1 atom stereocenters. The molecule has 1 fully saturated rings. The number of likely N-dealkylation sites (tertiary alicyclic amines) is 1. The lowest BCUT2D eigenvalue weighted by Gasteiger charge is -2.27. The molecule has 0 saturated carbocycles. The lowest BCUT2D eigenvalue weighted by Crippen LogP contribution is -2.29. The van der Waals surface area contributed by atoms with Crippen LogP contribution in [0.2, 0.25) is 5.02 Å². The molecular formula is C45H49ClN4O4. The van der Waals surface area contributed by atoms with Crippen molar-refractivity contribution in [1.29, 1.82) is 5.26 Å². The number of aromatic nitrogens is 1. The molecule has 54 heavy (non-hydrogen) atoms. The number of aliphatic hydroxyl groups excluding tert-OH is 1. The number of nitriles is 1. The number of aliphatic hydroxyl groups is 1. The lowest BCUT2D eigenvalue weighted by atomic mass is 9.93. The summed E-state index contributed by atoms with van der Waals surface area (Å²) < 4.78 is 19.0. The van der Waals surface area contributed by atoms with Gasteiger partial charge in [-0.25, -0.2) is 0 Å². The standard InChI is InChI=1S/C45H49ClN4O4/c1-32-37(14-9-15-39(32)40-16-10-17-43(33(40)2)52-21-11-18-48-28-42(51)36-12-5-3-6-13-36)31-54-45-24-44(53-30-35-22-34(25-47)26-49-27-35)38(23-41(45)46)29-50-19-7-4-8-20-50/h3,5-6,9-10,12-17,22-24,26-27,42,48,51H,4,7-8,11,18-21,28-31H2,1-2H3. The van der Waals surface area contributed by atoms with Crippen molar-refractivity contribution in [1.82, 2.24) is 15.2 Å². The number of nitrogens with zero attached hydrogens (tertiary/aromatic N) is 3. The number of ether oxygens (including phenoxy) is 3. The number of hydrogen-bond donors (Lipinski definition) is 2. The van der Waals surface area contributed by atoms with Crippen LogP contribution >= 0.6 is 11.6 Å². The van der Waals surface area contributed by atoms with Gasteiger partial charge >= 0.3 is 0 Å². The average molecular weight is 745 g/mol. The summed E-state index contributed by atoms with van der Waals surface area (Å²) in [6.45, 7) is 9.48. The molecule has 0 radical (unpaired) electrons. The second kappa shape index (κ2) is 19.4. The Morgan fingerprint density at radius 2 is 1.57 bits per heavy atom. The molecule has 1 aliphatic heterocycles. The monoisotopic (exact) mass is 744 g/mol. The van der Waals surface area contributed by atoms with E-state index in [1.165, 1.54) is 19.3 Å². The third kappa shape index (κ3) is 10.4. The normalized spacial score (nSPS) is 13.6. The molecule has 1 aliphatic rings. The summed E-state index contributed by atoms with van der Waals surface area (Å²) in [5, 5.41) is 23.6. The molecule has 8 nitrogen and oxygen atoms in total. The molecule has 0 amide bonds. The molecule has 4 aromatic carbocycles. The Bertz CT molecular complexity index is 2030. The zero-order chi connectivity index (χ0) is 37.7. The predicted molar refractivity (Wildman–Crippen MR) is 214 cm³/mol. The molecule has 280 valence electrons. The van der Waals surface area contributed by atoms with Gasteiger partial charge in [-0.2, -0.15) is 5.26 Å². The van der Waals surface area contributed by atoms with Crippen LogP contribution in [-0.2, 0) is 19.8 Å². The molecular weight excluding hydrogens is 696 g/mol. The van der Waals surface area contributed by atoms with Gasteiger partial charge in [0.1, 0.15) is 36.5 Å². The second-order valence-corrected chi connectivity index (χ2v) is 14.3. The van der Waals surface area contributed by atoms with Gasteiger partial charge in [-0.1, -0.05) is 78.7 Å². The first kappa shape index (κ1) is 38.8. The fourth-order valence-corrected chi connectivity index (χ4v) is 7.09. The molecule has 1 aromatic heterocycles. The molecule has 6 rings (SSSR count). The minimum atomic E-state index is -0.530. The Labute approximate surface area is 324 Å². The highest BCUT2D eigenvalue weighted by Gasteiger charge is 2.18. The summed E-state index contributed by atoms with van der Waals surface area (Å²) in [6, 6.07) is 30.0. The van der Waals surface area contributed by atoms with Crippen molar-refractivity contribution in [2.75, 3.05) is 32.8 Å². The molecule has 9 heteroatoms. The van der Waals surface area contributed by atoms with Gasteiger partial charge in [0.05, 0.1) is 23.3 Å². The Balaban J connectivity index is 1.10. The summed E-state index contributed by atoms with van der Waals surface area (Å²) in [7, 11) is 0. The van der Waals surface area contributed by atoms with Gasteiger partial charge in [-0.3, -0.25) is 9.88 Å². The molecule has 2 N–H and O–H groups in total. The Hall–Kier alpha value is -4.91. The van der Waals surface area contributed by atoms with E-state index in [9.17, 15) is 10.4 Å². The van der Waals surface area contributed by atoms with E-state index in [2.05, 4.69) is 59.4 Å². The van der Waals surface area contributed by atoms with E-state index in [4.69, 9.17) is 25.8 Å². The third-order valence-corrected chi connectivity index (χ3v) is 10.3. The van der Waals surface area contributed by atoms with Crippen molar-refractivity contribution in [2.45, 2.75) is 65.4 Å². The maximum Gasteiger partial charge on any atom is 0.142 e. The number of pyridine rings is 1. The summed E-state index contributed by atoms with van der Waals surface area (Å²) in [5.41, 5.74) is 8.72. The first-order chi connectivity index (χ1) is 26.4. The van der Waals surface area contributed by atoms with E-state index in [1.54, 1.807) is 18.5 Å². The van der Waals surface area contributed by atoms with Crippen LogP contribution < -0.4 is 19.5 Å². The number of benzene rings is 4. The van der Waals surface area contributed by atoms with Crippen molar-refractivity contribution in [3.05, 3.63) is 141 Å². The van der Waals surface area contributed by atoms with Crippen molar-refractivity contribution >= 4 is 11.6 Å². The quantitative estimate of drug-likeness (QED) is 0.0910. The van der Waals surface area contributed by atoms with E-state index < -0.39 is 6.10 Å². The smallest absolute Gasteiger partial charge is 0.142 e. The highest BCUT2D eigenvalue weighted by molar-refractivity contribution is 6.32. The fraction of sp³-hybridized carbons (Fsp3) is 0.333. The van der Waals surface area contributed by atoms with Gasteiger partial charge in [0.2, 0.25) is 0 Å². The first-order valence-corrected chi connectivity index (χ1v) is 19.2. The van der Waals surface area contributed by atoms with Crippen molar-refractivity contribution in [3.8, 4) is 34.4 Å². The van der Waals surface area contributed by atoms with Gasteiger partial charge in [0.15, 0.2) is 0 Å². The zero-order valence-electron chi connectivity index (χ0n) is 31.2. The van der Waals surface area contributed by atoms with E-state index in [-0.39, 0.29) is 6.61 Å². The number of piperidine rings is 1. The van der Waals surface area contributed by atoms with E-state index in [0.717, 1.165) is 82.9 Å². The number of halogens is 1. The highest BCUT2D eigenvalue weighted by atomic mass is 35.5. The summed E-state index contributed by atoms with van der Waals surface area (Å²) in [4.78, 5) is 6.63. The maximum atomic E-state index is 10.4. The van der Waals surface area contributed by atoms with Crippen LogP contribution in [0.25, 0.3) is 11.1 Å². The molecule has 0 bridgehead atoms. The maximum absolute atomic E-state index is 10.4. The van der Waals surface area contributed by atoms with Crippen LogP contribution in [-0.4, -0.2) is 47.8 Å². The molecule has 1 unspecified atom stereocenters. The van der Waals surface area contributed by atoms with Gasteiger partial charge in [-0.05, 0) is 104 Å². The molecule has 5 aromatic rings. The van der Waals surface area contributed by atoms with Crippen molar-refractivity contribution in [2.24, 2.45) is 0 Å². The number of rotatable bonds is 17. The van der Waals surface area contributed by atoms with E-state index in [1.807, 2.05) is 54.6 Å². The Kier molecular flexibility index (Phi) is 14.0.